The summed E-state index contributed by atoms with van der Waals surface area (Å²) in [6.45, 7) is 0.485. The van der Waals surface area contributed by atoms with E-state index in [4.69, 9.17) is 16.3 Å². The molecule has 1 N–H and O–H groups in total. The van der Waals surface area contributed by atoms with Crippen molar-refractivity contribution in [3.8, 4) is 5.75 Å². The van der Waals surface area contributed by atoms with Crippen LogP contribution in [0.4, 0.5) is 0 Å². The Labute approximate surface area is 110 Å². The van der Waals surface area contributed by atoms with E-state index in [2.05, 4.69) is 17.1 Å². The van der Waals surface area contributed by atoms with Gasteiger partial charge in [0.2, 0.25) is 0 Å². The zero-order valence-corrected chi connectivity index (χ0v) is 10.4. The first kappa shape index (κ1) is 11.2. The number of para-hydroxylation sites is 2. The number of benzene rings is 2. The van der Waals surface area contributed by atoms with E-state index < -0.39 is 0 Å². The topological polar surface area (TPSA) is 25.0 Å². The highest BCUT2D eigenvalue weighted by Crippen LogP contribution is 2.24. The molecule has 2 aromatic carbocycles. The molecule has 0 saturated heterocycles. The van der Waals surface area contributed by atoms with Crippen LogP contribution in [-0.4, -0.2) is 4.98 Å². The second kappa shape index (κ2) is 4.75. The predicted octanol–water partition coefficient (Wildman–Crippen LogP) is 4.40. The molecule has 2 nitrogen and oxygen atoms in total. The summed E-state index contributed by atoms with van der Waals surface area (Å²) >= 11 is 6.03. The molecule has 0 atom stereocenters. The van der Waals surface area contributed by atoms with E-state index in [1.54, 1.807) is 0 Å². The highest BCUT2D eigenvalue weighted by atomic mass is 35.5. The summed E-state index contributed by atoms with van der Waals surface area (Å²) in [4.78, 5) is 3.32. The Kier molecular flexibility index (Phi) is 2.95. The van der Waals surface area contributed by atoms with Crippen LogP contribution in [-0.2, 0) is 6.61 Å². The minimum absolute atomic E-state index is 0.485. The lowest BCUT2D eigenvalue weighted by Crippen LogP contribution is -1.95. The van der Waals surface area contributed by atoms with Gasteiger partial charge in [-0.2, -0.15) is 0 Å². The average molecular weight is 258 g/mol. The van der Waals surface area contributed by atoms with Crippen LogP contribution >= 0.6 is 11.6 Å². The zero-order valence-electron chi connectivity index (χ0n) is 9.69. The average Bonchev–Trinajstić information content (AvgIpc) is 2.80. The van der Waals surface area contributed by atoms with Crippen molar-refractivity contribution >= 4 is 22.5 Å². The van der Waals surface area contributed by atoms with Gasteiger partial charge >= 0.3 is 0 Å². The van der Waals surface area contributed by atoms with Crippen molar-refractivity contribution in [2.24, 2.45) is 0 Å². The zero-order chi connectivity index (χ0) is 12.4. The summed E-state index contributed by atoms with van der Waals surface area (Å²) in [6.07, 6.45) is 0. The summed E-state index contributed by atoms with van der Waals surface area (Å²) in [6, 6.07) is 17.7. The Morgan fingerprint density at radius 3 is 2.61 bits per heavy atom. The molecule has 1 aromatic heterocycles. The van der Waals surface area contributed by atoms with E-state index in [-0.39, 0.29) is 0 Å². The van der Waals surface area contributed by atoms with Crippen LogP contribution < -0.4 is 4.74 Å². The quantitative estimate of drug-likeness (QED) is 0.739. The number of fused-ring (bicyclic) bond motifs is 1. The fraction of sp³-hybridized carbons (Fsp3) is 0.0667. The summed E-state index contributed by atoms with van der Waals surface area (Å²) in [5, 5.41) is 1.82. The van der Waals surface area contributed by atoms with Gasteiger partial charge in [0.15, 0.2) is 0 Å². The Balaban J connectivity index is 1.79. The van der Waals surface area contributed by atoms with Crippen LogP contribution in [0, 0.1) is 0 Å². The number of aromatic nitrogens is 1. The van der Waals surface area contributed by atoms with Crippen molar-refractivity contribution in [3.63, 3.8) is 0 Å². The van der Waals surface area contributed by atoms with Gasteiger partial charge < -0.3 is 9.72 Å². The molecule has 0 fully saturated rings. The predicted molar refractivity (Wildman–Crippen MR) is 74.1 cm³/mol. The molecule has 0 aliphatic carbocycles. The van der Waals surface area contributed by atoms with E-state index in [0.29, 0.717) is 17.4 Å². The molecule has 0 amide bonds. The van der Waals surface area contributed by atoms with E-state index in [0.717, 1.165) is 11.2 Å². The molecule has 3 aromatic rings. The van der Waals surface area contributed by atoms with Gasteiger partial charge in [0.1, 0.15) is 12.4 Å². The fourth-order valence-electron chi connectivity index (χ4n) is 1.93. The summed E-state index contributed by atoms with van der Waals surface area (Å²) in [5.41, 5.74) is 2.16. The number of rotatable bonds is 3. The largest absolute Gasteiger partial charge is 0.486 e. The number of ether oxygens (including phenoxy) is 1. The van der Waals surface area contributed by atoms with Crippen molar-refractivity contribution in [1.29, 1.82) is 0 Å². The number of halogens is 1. The molecule has 1 heterocycles. The second-order valence-electron chi connectivity index (χ2n) is 4.10. The fourth-order valence-corrected chi connectivity index (χ4v) is 2.12. The summed E-state index contributed by atoms with van der Waals surface area (Å²) in [5.74, 6) is 0.706. The summed E-state index contributed by atoms with van der Waals surface area (Å²) < 4.78 is 5.69. The van der Waals surface area contributed by atoms with Crippen molar-refractivity contribution in [2.75, 3.05) is 0 Å². The molecule has 0 saturated carbocycles. The molecular weight excluding hydrogens is 246 g/mol. The molecule has 0 bridgehead atoms. The van der Waals surface area contributed by atoms with Crippen molar-refractivity contribution < 1.29 is 4.74 Å². The first-order valence-electron chi connectivity index (χ1n) is 5.77. The first-order valence-corrected chi connectivity index (χ1v) is 6.15. The Morgan fingerprint density at radius 1 is 1.00 bits per heavy atom. The number of hydrogen-bond acceptors (Lipinski definition) is 1. The molecule has 0 unspecified atom stereocenters. The maximum atomic E-state index is 6.03. The minimum Gasteiger partial charge on any atom is -0.486 e. The van der Waals surface area contributed by atoms with Gasteiger partial charge in [0, 0.05) is 5.52 Å². The van der Waals surface area contributed by atoms with Crippen molar-refractivity contribution in [3.05, 3.63) is 65.3 Å². The summed E-state index contributed by atoms with van der Waals surface area (Å²) in [7, 11) is 0. The van der Waals surface area contributed by atoms with Gasteiger partial charge in [0.05, 0.1) is 10.7 Å². The van der Waals surface area contributed by atoms with Gasteiger partial charge in [-0.3, -0.25) is 0 Å². The molecule has 0 aliphatic rings. The van der Waals surface area contributed by atoms with Crippen LogP contribution in [0.3, 0.4) is 0 Å². The third-order valence-corrected chi connectivity index (χ3v) is 3.12. The Morgan fingerprint density at radius 2 is 1.78 bits per heavy atom. The van der Waals surface area contributed by atoms with Gasteiger partial charge in [-0.25, -0.2) is 0 Å². The van der Waals surface area contributed by atoms with Crippen LogP contribution in [0.2, 0.25) is 5.02 Å². The second-order valence-corrected chi connectivity index (χ2v) is 4.51. The Hall–Kier alpha value is -1.93. The lowest BCUT2D eigenvalue weighted by atomic mass is 10.2. The molecule has 0 radical (unpaired) electrons. The van der Waals surface area contributed by atoms with Gasteiger partial charge in [-0.1, -0.05) is 41.9 Å². The lowest BCUT2D eigenvalue weighted by molar-refractivity contribution is 0.302. The number of aromatic amines is 1. The molecule has 3 rings (SSSR count). The number of H-pyrrole nitrogens is 1. The van der Waals surface area contributed by atoms with E-state index in [1.807, 2.05) is 42.5 Å². The molecule has 0 aliphatic heterocycles. The highest BCUT2D eigenvalue weighted by Gasteiger charge is 2.03. The SMILES string of the molecule is Clc1ccccc1OCc1cc2ccccc2[nH]1. The van der Waals surface area contributed by atoms with Crippen LogP contribution in [0.15, 0.2) is 54.6 Å². The van der Waals surface area contributed by atoms with Gasteiger partial charge in [0.25, 0.3) is 0 Å². The van der Waals surface area contributed by atoms with E-state index in [9.17, 15) is 0 Å². The molecule has 0 spiro atoms. The maximum Gasteiger partial charge on any atom is 0.138 e. The van der Waals surface area contributed by atoms with E-state index >= 15 is 0 Å². The van der Waals surface area contributed by atoms with Crippen molar-refractivity contribution in [1.82, 2.24) is 4.98 Å². The standard InChI is InChI=1S/C15H12ClNO/c16-13-6-2-4-8-15(13)18-10-12-9-11-5-1-3-7-14(11)17-12/h1-9,17H,10H2. The third-order valence-electron chi connectivity index (χ3n) is 2.81. The Bertz CT molecular complexity index is 642. The first-order chi connectivity index (χ1) is 8.83. The lowest BCUT2D eigenvalue weighted by Gasteiger charge is -2.05. The van der Waals surface area contributed by atoms with Crippen LogP contribution in [0.1, 0.15) is 5.69 Å². The number of nitrogens with one attached hydrogen (secondary N) is 1. The molecule has 90 valence electrons. The normalized spacial score (nSPS) is 10.7. The molecule has 18 heavy (non-hydrogen) atoms. The van der Waals surface area contributed by atoms with Crippen LogP contribution in [0.25, 0.3) is 10.9 Å². The minimum atomic E-state index is 0.485. The van der Waals surface area contributed by atoms with Crippen LogP contribution in [0.5, 0.6) is 5.75 Å². The highest BCUT2D eigenvalue weighted by molar-refractivity contribution is 6.32. The maximum absolute atomic E-state index is 6.03. The van der Waals surface area contributed by atoms with E-state index in [1.165, 1.54) is 5.39 Å². The number of hydrogen-bond donors (Lipinski definition) is 1. The van der Waals surface area contributed by atoms with Gasteiger partial charge in [-0.05, 0) is 29.7 Å². The monoisotopic (exact) mass is 257 g/mol. The van der Waals surface area contributed by atoms with Crippen molar-refractivity contribution in [2.45, 2.75) is 6.61 Å². The van der Waals surface area contributed by atoms with Gasteiger partial charge in [-0.15, -0.1) is 0 Å². The smallest absolute Gasteiger partial charge is 0.138 e. The third kappa shape index (κ3) is 2.20. The molecular formula is C15H12ClNO. The molecule has 3 heteroatoms.